The minimum atomic E-state index is -2.86. The van der Waals surface area contributed by atoms with E-state index >= 15 is 0 Å². The maximum Gasteiger partial charge on any atom is 0.290 e. The molecule has 1 fully saturated rings. The van der Waals surface area contributed by atoms with Gasteiger partial charge in [-0.15, -0.1) is 0 Å². The molecule has 1 aliphatic carbocycles. The fourth-order valence-corrected chi connectivity index (χ4v) is 3.60. The van der Waals surface area contributed by atoms with E-state index in [-0.39, 0.29) is 12.1 Å². The number of hydrogen-bond acceptors (Lipinski definition) is 5. The van der Waals surface area contributed by atoms with Gasteiger partial charge in [0.1, 0.15) is 5.69 Å². The fourth-order valence-electron chi connectivity index (χ4n) is 3.29. The average molecular weight is 362 g/mol. The van der Waals surface area contributed by atoms with Crippen LogP contribution in [0.15, 0.2) is 24.3 Å². The van der Waals surface area contributed by atoms with Crippen LogP contribution >= 0.6 is 11.9 Å². The van der Waals surface area contributed by atoms with E-state index in [1.165, 1.54) is 0 Å². The van der Waals surface area contributed by atoms with Gasteiger partial charge in [0, 0.05) is 37.2 Å². The summed E-state index contributed by atoms with van der Waals surface area (Å²) in [6, 6.07) is 7.96. The number of aromatic nitrogens is 2. The Morgan fingerprint density at radius 1 is 1.28 bits per heavy atom. The summed E-state index contributed by atoms with van der Waals surface area (Å²) >= 11 is 1.55. The summed E-state index contributed by atoms with van der Waals surface area (Å²) in [5, 5.41) is 0. The number of halogens is 2. The highest BCUT2D eigenvalue weighted by molar-refractivity contribution is 7.96. The van der Waals surface area contributed by atoms with Crippen LogP contribution in [0.1, 0.15) is 29.7 Å². The van der Waals surface area contributed by atoms with Gasteiger partial charge in [-0.25, -0.2) is 9.97 Å². The van der Waals surface area contributed by atoms with Gasteiger partial charge in [0.2, 0.25) is 5.95 Å². The van der Waals surface area contributed by atoms with Crippen molar-refractivity contribution in [2.24, 2.45) is 0 Å². The minimum Gasteiger partial charge on any atom is -0.341 e. The van der Waals surface area contributed by atoms with E-state index in [4.69, 9.17) is 0 Å². The lowest BCUT2D eigenvalue weighted by Gasteiger charge is -2.31. The van der Waals surface area contributed by atoms with E-state index in [1.807, 2.05) is 35.4 Å². The molecule has 1 N–H and O–H groups in total. The summed E-state index contributed by atoms with van der Waals surface area (Å²) in [6.45, 7) is 2.39. The van der Waals surface area contributed by atoms with Crippen molar-refractivity contribution >= 4 is 17.9 Å². The van der Waals surface area contributed by atoms with Crippen LogP contribution in [-0.2, 0) is 18.9 Å². The van der Waals surface area contributed by atoms with Crippen molar-refractivity contribution in [3.63, 3.8) is 0 Å². The second kappa shape index (κ2) is 6.53. The van der Waals surface area contributed by atoms with Crippen LogP contribution in [0, 0.1) is 0 Å². The Balaban J connectivity index is 1.80. The predicted molar refractivity (Wildman–Crippen MR) is 96.9 cm³/mol. The molecule has 25 heavy (non-hydrogen) atoms. The molecule has 2 aliphatic rings. The second-order valence-electron chi connectivity index (χ2n) is 6.47. The Bertz CT molecular complexity index is 793. The van der Waals surface area contributed by atoms with Crippen molar-refractivity contribution in [1.29, 1.82) is 0 Å². The standard InChI is InChI=1S/C18H20F2N4S/c1-25-21-11-12-4-2-5-13(10-12)15-14-6-7-18(19,20)16(14)23-17(22-15)24-8-3-9-24/h2,4-5,10,21H,3,6-9,11H2,1H3. The molecule has 2 aromatic rings. The molecule has 1 saturated heterocycles. The zero-order valence-corrected chi connectivity index (χ0v) is 14.9. The summed E-state index contributed by atoms with van der Waals surface area (Å²) in [5.41, 5.74) is 3.18. The molecule has 0 spiro atoms. The predicted octanol–water partition coefficient (Wildman–Crippen LogP) is 3.76. The molecule has 0 saturated carbocycles. The summed E-state index contributed by atoms with van der Waals surface area (Å²) in [6.07, 6.45) is 3.18. The normalized spacial score (nSPS) is 18.1. The van der Waals surface area contributed by atoms with Crippen LogP contribution in [0.3, 0.4) is 0 Å². The Morgan fingerprint density at radius 3 is 2.84 bits per heavy atom. The topological polar surface area (TPSA) is 41.1 Å². The van der Waals surface area contributed by atoms with Crippen molar-refractivity contribution in [2.75, 3.05) is 24.2 Å². The lowest BCUT2D eigenvalue weighted by atomic mass is 10.0. The Labute approximate surface area is 150 Å². The SMILES string of the molecule is CSNCc1cccc(-c2nc(N3CCC3)nc3c2CCC3(F)F)c1. The van der Waals surface area contributed by atoms with E-state index < -0.39 is 5.92 Å². The van der Waals surface area contributed by atoms with Crippen LogP contribution in [0.2, 0.25) is 0 Å². The highest BCUT2D eigenvalue weighted by Crippen LogP contribution is 2.44. The van der Waals surface area contributed by atoms with Gasteiger partial charge in [-0.3, -0.25) is 4.72 Å². The molecular formula is C18H20F2N4S. The van der Waals surface area contributed by atoms with Gasteiger partial charge in [0.05, 0.1) is 5.69 Å². The Morgan fingerprint density at radius 2 is 2.12 bits per heavy atom. The first-order chi connectivity index (χ1) is 12.1. The zero-order chi connectivity index (χ0) is 17.4. The third-order valence-electron chi connectivity index (χ3n) is 4.79. The molecule has 1 aromatic carbocycles. The van der Waals surface area contributed by atoms with Crippen LogP contribution in [0.4, 0.5) is 14.7 Å². The largest absolute Gasteiger partial charge is 0.341 e. The summed E-state index contributed by atoms with van der Waals surface area (Å²) in [4.78, 5) is 10.9. The van der Waals surface area contributed by atoms with E-state index in [2.05, 4.69) is 14.7 Å². The van der Waals surface area contributed by atoms with Gasteiger partial charge < -0.3 is 4.90 Å². The van der Waals surface area contributed by atoms with Gasteiger partial charge in [-0.05, 0) is 30.7 Å². The molecule has 2 heterocycles. The van der Waals surface area contributed by atoms with Crippen molar-refractivity contribution in [3.8, 4) is 11.3 Å². The smallest absolute Gasteiger partial charge is 0.290 e. The molecular weight excluding hydrogens is 342 g/mol. The zero-order valence-electron chi connectivity index (χ0n) is 14.1. The maximum atomic E-state index is 14.3. The van der Waals surface area contributed by atoms with Crippen molar-refractivity contribution in [2.45, 2.75) is 31.7 Å². The Kier molecular flexibility index (Phi) is 4.37. The molecule has 0 atom stereocenters. The monoisotopic (exact) mass is 362 g/mol. The van der Waals surface area contributed by atoms with Gasteiger partial charge in [0.15, 0.2) is 0 Å². The number of alkyl halides is 2. The highest BCUT2D eigenvalue weighted by Gasteiger charge is 2.43. The number of hydrogen-bond donors (Lipinski definition) is 1. The molecule has 0 unspecified atom stereocenters. The third-order valence-corrected chi connectivity index (χ3v) is 5.22. The lowest BCUT2D eigenvalue weighted by molar-refractivity contribution is -0.00593. The van der Waals surface area contributed by atoms with Gasteiger partial charge in [0.25, 0.3) is 5.92 Å². The van der Waals surface area contributed by atoms with Crippen LogP contribution in [-0.4, -0.2) is 29.3 Å². The number of nitrogens with zero attached hydrogens (tertiary/aromatic N) is 3. The number of rotatable bonds is 5. The van der Waals surface area contributed by atoms with Crippen LogP contribution in [0.5, 0.6) is 0 Å². The van der Waals surface area contributed by atoms with Crippen molar-refractivity contribution in [1.82, 2.24) is 14.7 Å². The van der Waals surface area contributed by atoms with Gasteiger partial charge in [-0.2, -0.15) is 8.78 Å². The van der Waals surface area contributed by atoms with E-state index in [0.29, 0.717) is 23.6 Å². The molecule has 7 heteroatoms. The second-order valence-corrected chi connectivity index (χ2v) is 7.17. The summed E-state index contributed by atoms with van der Waals surface area (Å²) in [5.74, 6) is -2.42. The molecule has 1 aliphatic heterocycles. The first kappa shape index (κ1) is 16.7. The number of anilines is 1. The lowest BCUT2D eigenvalue weighted by Crippen LogP contribution is -2.38. The molecule has 4 nitrogen and oxygen atoms in total. The number of nitrogens with one attached hydrogen (secondary N) is 1. The van der Waals surface area contributed by atoms with Crippen molar-refractivity contribution in [3.05, 3.63) is 41.1 Å². The number of fused-ring (bicyclic) bond motifs is 1. The first-order valence-corrected chi connectivity index (χ1v) is 9.70. The third kappa shape index (κ3) is 3.11. The molecule has 1 aromatic heterocycles. The molecule has 4 rings (SSSR count). The van der Waals surface area contributed by atoms with Crippen LogP contribution < -0.4 is 9.62 Å². The van der Waals surface area contributed by atoms with E-state index in [0.717, 1.165) is 37.2 Å². The van der Waals surface area contributed by atoms with E-state index in [1.54, 1.807) is 11.9 Å². The molecule has 0 bridgehead atoms. The molecule has 132 valence electrons. The van der Waals surface area contributed by atoms with Gasteiger partial charge >= 0.3 is 0 Å². The van der Waals surface area contributed by atoms with Crippen LogP contribution in [0.25, 0.3) is 11.3 Å². The van der Waals surface area contributed by atoms with E-state index in [9.17, 15) is 8.78 Å². The Hall–Kier alpha value is -1.73. The van der Waals surface area contributed by atoms with Gasteiger partial charge in [-0.1, -0.05) is 30.1 Å². The summed E-state index contributed by atoms with van der Waals surface area (Å²) in [7, 11) is 0. The average Bonchev–Trinajstić information content (AvgIpc) is 2.86. The first-order valence-electron chi connectivity index (χ1n) is 8.48. The molecule has 0 amide bonds. The minimum absolute atomic E-state index is 0.0768. The summed E-state index contributed by atoms with van der Waals surface area (Å²) < 4.78 is 31.9. The quantitative estimate of drug-likeness (QED) is 0.820. The highest BCUT2D eigenvalue weighted by atomic mass is 32.2. The van der Waals surface area contributed by atoms with Crippen molar-refractivity contribution < 1.29 is 8.78 Å². The maximum absolute atomic E-state index is 14.3. The fraction of sp³-hybridized carbons (Fsp3) is 0.444. The molecule has 0 radical (unpaired) electrons. The number of benzene rings is 1.